The number of nitriles is 1. The van der Waals surface area contributed by atoms with E-state index in [1.807, 2.05) is 6.07 Å². The van der Waals surface area contributed by atoms with Crippen LogP contribution in [0.1, 0.15) is 30.5 Å². The molecule has 2 heterocycles. The van der Waals surface area contributed by atoms with Crippen molar-refractivity contribution in [1.29, 1.82) is 5.26 Å². The van der Waals surface area contributed by atoms with Crippen LogP contribution in [0.15, 0.2) is 53.1 Å². The Balaban J connectivity index is 2.01. The summed E-state index contributed by atoms with van der Waals surface area (Å²) in [4.78, 5) is 0. The Morgan fingerprint density at radius 3 is 2.63 bits per heavy atom. The molecule has 0 saturated carbocycles. The molecule has 4 rings (SSSR count). The van der Waals surface area contributed by atoms with Crippen molar-refractivity contribution in [1.82, 2.24) is 0 Å². The molecule has 0 N–H and O–H groups in total. The van der Waals surface area contributed by atoms with Crippen LogP contribution in [0, 0.1) is 24.2 Å². The predicted octanol–water partition coefficient (Wildman–Crippen LogP) is 5.46. The fourth-order valence-electron chi connectivity index (χ4n) is 3.84. The Kier molecular flexibility index (Phi) is 4.20. The zero-order valence-electron chi connectivity index (χ0n) is 16.2. The van der Waals surface area contributed by atoms with Gasteiger partial charge in [-0.1, -0.05) is 26.0 Å². The van der Waals surface area contributed by atoms with E-state index in [9.17, 15) is 5.26 Å². The summed E-state index contributed by atoms with van der Waals surface area (Å²) >= 11 is 0. The lowest BCUT2D eigenvalue weighted by atomic mass is 9.95. The normalized spacial score (nSPS) is 11.4. The summed E-state index contributed by atoms with van der Waals surface area (Å²) in [6.45, 7) is 6.43. The maximum atomic E-state index is 9.76. The molecular formula is C24H23N2O+. The fraction of sp³-hybridized carbons (Fsp3) is 0.250. The van der Waals surface area contributed by atoms with E-state index in [2.05, 4.69) is 81.1 Å². The van der Waals surface area contributed by atoms with E-state index in [4.69, 9.17) is 4.42 Å². The number of aryl methyl sites for hydroxylation is 2. The Bertz CT molecular complexity index is 1210. The summed E-state index contributed by atoms with van der Waals surface area (Å²) in [5.74, 6) is 0.492. The number of fused-ring (bicyclic) bond motifs is 3. The highest BCUT2D eigenvalue weighted by Crippen LogP contribution is 2.36. The van der Waals surface area contributed by atoms with E-state index in [-0.39, 0.29) is 0 Å². The lowest BCUT2D eigenvalue weighted by Gasteiger charge is -2.07. The molecular weight excluding hydrogens is 332 g/mol. The topological polar surface area (TPSA) is 40.8 Å². The molecule has 0 bridgehead atoms. The second-order valence-electron chi connectivity index (χ2n) is 7.65. The smallest absolute Gasteiger partial charge is 0.212 e. The van der Waals surface area contributed by atoms with E-state index >= 15 is 0 Å². The lowest BCUT2D eigenvalue weighted by molar-refractivity contribution is -0.660. The minimum Gasteiger partial charge on any atom is -0.455 e. The summed E-state index contributed by atoms with van der Waals surface area (Å²) in [6.07, 6.45) is 2.93. The van der Waals surface area contributed by atoms with E-state index < -0.39 is 0 Å². The van der Waals surface area contributed by atoms with E-state index in [1.54, 1.807) is 0 Å². The van der Waals surface area contributed by atoms with Crippen LogP contribution < -0.4 is 4.57 Å². The summed E-state index contributed by atoms with van der Waals surface area (Å²) in [5, 5.41) is 11.8. The van der Waals surface area contributed by atoms with Crippen LogP contribution in [0.25, 0.3) is 33.2 Å². The SMILES string of the molecule is Cc1cc2oc3c(C#N)c(CC(C)C)ccc3c2cc1-c1cccc[n+]1C. The van der Waals surface area contributed by atoms with Gasteiger partial charge in [0, 0.05) is 28.5 Å². The first-order chi connectivity index (χ1) is 13.0. The van der Waals surface area contributed by atoms with Crippen LogP contribution in [0.4, 0.5) is 0 Å². The molecule has 2 aromatic heterocycles. The molecule has 0 atom stereocenters. The number of nitrogens with zero attached hydrogens (tertiary/aromatic N) is 2. The standard InChI is InChI=1S/C24H23N2O/c1-15(2)11-17-8-9-18-20-13-19(22-7-5-6-10-26(22)4)16(3)12-23(20)27-24(18)21(17)14-25/h5-10,12-13,15H,11H2,1-4H3/q+1. The molecule has 2 aromatic carbocycles. The monoisotopic (exact) mass is 355 g/mol. The molecule has 0 amide bonds. The first kappa shape index (κ1) is 17.3. The van der Waals surface area contributed by atoms with Gasteiger partial charge in [-0.25, -0.2) is 4.57 Å². The summed E-state index contributed by atoms with van der Waals surface area (Å²) in [7, 11) is 2.05. The minimum absolute atomic E-state index is 0.492. The third-order valence-electron chi connectivity index (χ3n) is 5.14. The molecule has 0 aliphatic heterocycles. The molecule has 0 fully saturated rings. The van der Waals surface area contributed by atoms with Crippen molar-refractivity contribution in [2.75, 3.05) is 0 Å². The second-order valence-corrected chi connectivity index (χ2v) is 7.65. The second kappa shape index (κ2) is 6.55. The van der Waals surface area contributed by atoms with E-state index in [0.717, 1.165) is 39.6 Å². The number of hydrogen-bond donors (Lipinski definition) is 0. The number of rotatable bonds is 3. The average Bonchev–Trinajstić information content (AvgIpc) is 2.98. The minimum atomic E-state index is 0.492. The third kappa shape index (κ3) is 2.88. The van der Waals surface area contributed by atoms with Gasteiger partial charge < -0.3 is 4.42 Å². The lowest BCUT2D eigenvalue weighted by Crippen LogP contribution is -2.30. The Morgan fingerprint density at radius 1 is 1.11 bits per heavy atom. The van der Waals surface area contributed by atoms with Crippen LogP contribution in [0.5, 0.6) is 0 Å². The van der Waals surface area contributed by atoms with Gasteiger partial charge in [0.15, 0.2) is 11.8 Å². The first-order valence-electron chi connectivity index (χ1n) is 9.33. The molecule has 0 aliphatic rings. The van der Waals surface area contributed by atoms with E-state index in [1.165, 1.54) is 5.56 Å². The zero-order chi connectivity index (χ0) is 19.1. The molecule has 134 valence electrons. The number of furan rings is 1. The number of hydrogen-bond acceptors (Lipinski definition) is 2. The quantitative estimate of drug-likeness (QED) is 0.458. The van der Waals surface area contributed by atoms with E-state index in [0.29, 0.717) is 17.1 Å². The molecule has 0 unspecified atom stereocenters. The maximum absolute atomic E-state index is 9.76. The van der Waals surface area contributed by atoms with Crippen molar-refractivity contribution >= 4 is 21.9 Å². The van der Waals surface area contributed by atoms with Crippen molar-refractivity contribution in [3.05, 3.63) is 65.4 Å². The number of benzene rings is 2. The van der Waals surface area contributed by atoms with Crippen molar-refractivity contribution in [3.8, 4) is 17.3 Å². The predicted molar refractivity (Wildman–Crippen MR) is 108 cm³/mol. The summed E-state index contributed by atoms with van der Waals surface area (Å²) < 4.78 is 8.29. The Morgan fingerprint density at radius 2 is 1.93 bits per heavy atom. The van der Waals surface area contributed by atoms with Gasteiger partial charge >= 0.3 is 0 Å². The van der Waals surface area contributed by atoms with Gasteiger partial charge in [0.2, 0.25) is 5.69 Å². The van der Waals surface area contributed by atoms with Gasteiger partial charge in [-0.05, 0) is 48.6 Å². The highest BCUT2D eigenvalue weighted by molar-refractivity contribution is 6.08. The molecule has 0 aliphatic carbocycles. The van der Waals surface area contributed by atoms with Crippen LogP contribution in [0.2, 0.25) is 0 Å². The fourth-order valence-corrected chi connectivity index (χ4v) is 3.84. The molecule has 27 heavy (non-hydrogen) atoms. The van der Waals surface area contributed by atoms with Gasteiger partial charge in [0.05, 0.1) is 5.56 Å². The van der Waals surface area contributed by atoms with Gasteiger partial charge in [0.1, 0.15) is 18.7 Å². The average molecular weight is 355 g/mol. The van der Waals surface area contributed by atoms with Crippen LogP contribution in [-0.2, 0) is 13.5 Å². The Hall–Kier alpha value is -3.12. The molecule has 0 saturated heterocycles. The van der Waals surface area contributed by atoms with Crippen LogP contribution >= 0.6 is 0 Å². The zero-order valence-corrected chi connectivity index (χ0v) is 16.2. The van der Waals surface area contributed by atoms with Gasteiger partial charge in [-0.2, -0.15) is 5.26 Å². The van der Waals surface area contributed by atoms with Gasteiger partial charge in [0.25, 0.3) is 0 Å². The number of pyridine rings is 1. The molecule has 0 spiro atoms. The highest BCUT2D eigenvalue weighted by atomic mass is 16.3. The molecule has 3 nitrogen and oxygen atoms in total. The summed E-state index contributed by atoms with van der Waals surface area (Å²) in [6, 6.07) is 17.0. The van der Waals surface area contributed by atoms with Crippen molar-refractivity contribution in [3.63, 3.8) is 0 Å². The van der Waals surface area contributed by atoms with Crippen molar-refractivity contribution in [2.24, 2.45) is 13.0 Å². The van der Waals surface area contributed by atoms with Crippen molar-refractivity contribution in [2.45, 2.75) is 27.2 Å². The highest BCUT2D eigenvalue weighted by Gasteiger charge is 2.19. The van der Waals surface area contributed by atoms with Gasteiger partial charge in [-0.3, -0.25) is 0 Å². The number of aromatic nitrogens is 1. The third-order valence-corrected chi connectivity index (χ3v) is 5.14. The summed E-state index contributed by atoms with van der Waals surface area (Å²) in [5.41, 5.74) is 6.76. The van der Waals surface area contributed by atoms with Crippen molar-refractivity contribution < 1.29 is 8.98 Å². The Labute approximate surface area is 159 Å². The molecule has 4 aromatic rings. The first-order valence-corrected chi connectivity index (χ1v) is 9.33. The van der Waals surface area contributed by atoms with Crippen LogP contribution in [-0.4, -0.2) is 0 Å². The van der Waals surface area contributed by atoms with Gasteiger partial charge in [-0.15, -0.1) is 0 Å². The van der Waals surface area contributed by atoms with Crippen LogP contribution in [0.3, 0.4) is 0 Å². The molecule has 0 radical (unpaired) electrons. The largest absolute Gasteiger partial charge is 0.455 e. The maximum Gasteiger partial charge on any atom is 0.212 e. The molecule has 3 heteroatoms.